The normalized spacial score (nSPS) is 19.6. The molecule has 2 unspecified atom stereocenters. The summed E-state index contributed by atoms with van der Waals surface area (Å²) in [7, 11) is 1.24. The van der Waals surface area contributed by atoms with Gasteiger partial charge in [-0.25, -0.2) is 4.79 Å². The van der Waals surface area contributed by atoms with Gasteiger partial charge in [-0.3, -0.25) is 0 Å². The predicted molar refractivity (Wildman–Crippen MR) is 68.1 cm³/mol. The number of aliphatic hydroxyl groups is 1. The standard InChI is InChI=1S/C9H10O3.C5H10O/c1-12-9(11)8(10)7-5-3-2-4-6-7;1-5-3-2-4-6-5/h2-6,8,10H,1H3;5H,2-4H2,1H3. The molecule has 0 amide bonds. The lowest BCUT2D eigenvalue weighted by Crippen LogP contribution is -2.13. The summed E-state index contributed by atoms with van der Waals surface area (Å²) in [5.74, 6) is -0.638. The van der Waals surface area contributed by atoms with Gasteiger partial charge >= 0.3 is 5.97 Å². The third kappa shape index (κ3) is 4.85. The van der Waals surface area contributed by atoms with Crippen LogP contribution in [-0.4, -0.2) is 30.9 Å². The van der Waals surface area contributed by atoms with E-state index in [-0.39, 0.29) is 0 Å². The van der Waals surface area contributed by atoms with Gasteiger partial charge in [0.15, 0.2) is 6.10 Å². The second-order valence-corrected chi connectivity index (χ2v) is 4.16. The Balaban J connectivity index is 0.000000225. The van der Waals surface area contributed by atoms with Crippen LogP contribution in [0.15, 0.2) is 30.3 Å². The van der Waals surface area contributed by atoms with E-state index < -0.39 is 12.1 Å². The van der Waals surface area contributed by atoms with Gasteiger partial charge in [0, 0.05) is 6.61 Å². The number of carbonyl (C=O) groups is 1. The Morgan fingerprint density at radius 3 is 2.50 bits per heavy atom. The van der Waals surface area contributed by atoms with Crippen LogP contribution in [0.2, 0.25) is 0 Å². The molecule has 1 aliphatic rings. The number of ether oxygens (including phenoxy) is 2. The van der Waals surface area contributed by atoms with Crippen LogP contribution >= 0.6 is 0 Å². The van der Waals surface area contributed by atoms with Gasteiger partial charge in [0.2, 0.25) is 0 Å². The summed E-state index contributed by atoms with van der Waals surface area (Å²) >= 11 is 0. The van der Waals surface area contributed by atoms with Crippen LogP contribution in [0.5, 0.6) is 0 Å². The summed E-state index contributed by atoms with van der Waals surface area (Å²) in [6, 6.07) is 8.65. The minimum absolute atomic E-state index is 0.546. The van der Waals surface area contributed by atoms with Crippen molar-refractivity contribution < 1.29 is 19.4 Å². The highest BCUT2D eigenvalue weighted by Gasteiger charge is 2.16. The Bertz CT molecular complexity index is 344. The van der Waals surface area contributed by atoms with Crippen molar-refractivity contribution in [3.63, 3.8) is 0 Å². The van der Waals surface area contributed by atoms with Crippen molar-refractivity contribution in [2.24, 2.45) is 0 Å². The highest BCUT2D eigenvalue weighted by Crippen LogP contribution is 2.12. The van der Waals surface area contributed by atoms with Crippen molar-refractivity contribution in [1.82, 2.24) is 0 Å². The molecule has 0 spiro atoms. The van der Waals surface area contributed by atoms with Crippen LogP contribution in [0.1, 0.15) is 31.4 Å². The highest BCUT2D eigenvalue weighted by molar-refractivity contribution is 5.75. The highest BCUT2D eigenvalue weighted by atomic mass is 16.5. The Labute approximate surface area is 108 Å². The maximum absolute atomic E-state index is 10.8. The third-order valence-corrected chi connectivity index (χ3v) is 2.70. The van der Waals surface area contributed by atoms with Crippen molar-refractivity contribution in [3.05, 3.63) is 35.9 Å². The minimum atomic E-state index is -1.17. The van der Waals surface area contributed by atoms with Gasteiger partial charge in [-0.2, -0.15) is 0 Å². The molecule has 2 atom stereocenters. The molecule has 0 aromatic heterocycles. The molecule has 1 heterocycles. The molecule has 1 aromatic carbocycles. The Kier molecular flexibility index (Phi) is 6.39. The second kappa shape index (κ2) is 7.84. The molecule has 100 valence electrons. The molecule has 1 N–H and O–H groups in total. The summed E-state index contributed by atoms with van der Waals surface area (Å²) in [4.78, 5) is 10.8. The smallest absolute Gasteiger partial charge is 0.339 e. The topological polar surface area (TPSA) is 55.8 Å². The van der Waals surface area contributed by atoms with Crippen molar-refractivity contribution in [1.29, 1.82) is 0 Å². The number of benzene rings is 1. The van der Waals surface area contributed by atoms with Gasteiger partial charge < -0.3 is 14.6 Å². The lowest BCUT2D eigenvalue weighted by molar-refractivity contribution is -0.150. The van der Waals surface area contributed by atoms with Gasteiger partial charge in [0.25, 0.3) is 0 Å². The molecule has 1 fully saturated rings. The van der Waals surface area contributed by atoms with E-state index in [1.54, 1.807) is 24.3 Å². The Hall–Kier alpha value is -1.39. The number of hydrogen-bond acceptors (Lipinski definition) is 4. The summed E-state index contributed by atoms with van der Waals surface area (Å²) in [6.07, 6.45) is 1.91. The number of rotatable bonds is 2. The van der Waals surface area contributed by atoms with E-state index in [1.807, 2.05) is 6.07 Å². The molecular formula is C14H20O4. The van der Waals surface area contributed by atoms with Crippen LogP contribution in [0.4, 0.5) is 0 Å². The molecule has 2 rings (SSSR count). The number of aliphatic hydroxyl groups excluding tert-OH is 1. The van der Waals surface area contributed by atoms with Crippen LogP contribution in [0.3, 0.4) is 0 Å². The molecule has 4 heteroatoms. The first kappa shape index (κ1) is 14.7. The number of hydrogen-bond donors (Lipinski definition) is 1. The fourth-order valence-corrected chi connectivity index (χ4v) is 1.62. The molecule has 4 nitrogen and oxygen atoms in total. The lowest BCUT2D eigenvalue weighted by Gasteiger charge is -2.07. The summed E-state index contributed by atoms with van der Waals surface area (Å²) in [5, 5.41) is 9.31. The first-order chi connectivity index (χ1) is 8.65. The fourth-order valence-electron chi connectivity index (χ4n) is 1.62. The van der Waals surface area contributed by atoms with E-state index in [1.165, 1.54) is 20.0 Å². The van der Waals surface area contributed by atoms with Crippen molar-refractivity contribution in [2.45, 2.75) is 32.0 Å². The van der Waals surface area contributed by atoms with Crippen molar-refractivity contribution >= 4 is 5.97 Å². The van der Waals surface area contributed by atoms with E-state index in [0.717, 1.165) is 6.61 Å². The zero-order chi connectivity index (χ0) is 13.4. The van der Waals surface area contributed by atoms with E-state index >= 15 is 0 Å². The quantitative estimate of drug-likeness (QED) is 0.819. The maximum Gasteiger partial charge on any atom is 0.339 e. The van der Waals surface area contributed by atoms with Gasteiger partial charge in [-0.05, 0) is 25.3 Å². The monoisotopic (exact) mass is 252 g/mol. The van der Waals surface area contributed by atoms with Crippen molar-refractivity contribution in [3.8, 4) is 0 Å². The molecule has 0 bridgehead atoms. The Morgan fingerprint density at radius 2 is 2.11 bits per heavy atom. The van der Waals surface area contributed by atoms with Gasteiger partial charge in [0.05, 0.1) is 13.2 Å². The first-order valence-electron chi connectivity index (χ1n) is 6.07. The summed E-state index contributed by atoms with van der Waals surface area (Å²) < 4.78 is 9.53. The zero-order valence-corrected chi connectivity index (χ0v) is 10.8. The molecule has 0 aliphatic carbocycles. The second-order valence-electron chi connectivity index (χ2n) is 4.16. The number of methoxy groups -OCH3 is 1. The molecule has 1 aromatic rings. The summed E-state index contributed by atoms with van der Waals surface area (Å²) in [5.41, 5.74) is 0.546. The van der Waals surface area contributed by atoms with Crippen LogP contribution < -0.4 is 0 Å². The first-order valence-corrected chi connectivity index (χ1v) is 6.07. The van der Waals surface area contributed by atoms with Gasteiger partial charge in [0.1, 0.15) is 0 Å². The minimum Gasteiger partial charge on any atom is -0.467 e. The van der Waals surface area contributed by atoms with Gasteiger partial charge in [-0.15, -0.1) is 0 Å². The third-order valence-electron chi connectivity index (χ3n) is 2.70. The zero-order valence-electron chi connectivity index (χ0n) is 10.8. The molecule has 0 saturated carbocycles. The largest absolute Gasteiger partial charge is 0.467 e. The molecule has 1 aliphatic heterocycles. The Morgan fingerprint density at radius 1 is 1.44 bits per heavy atom. The lowest BCUT2D eigenvalue weighted by atomic mass is 10.1. The van der Waals surface area contributed by atoms with Crippen LogP contribution in [-0.2, 0) is 14.3 Å². The molecule has 18 heavy (non-hydrogen) atoms. The van der Waals surface area contributed by atoms with E-state index in [9.17, 15) is 9.90 Å². The number of carbonyl (C=O) groups excluding carboxylic acids is 1. The van der Waals surface area contributed by atoms with Crippen LogP contribution in [0, 0.1) is 0 Å². The summed E-state index contributed by atoms with van der Waals surface area (Å²) in [6.45, 7) is 3.11. The van der Waals surface area contributed by atoms with Crippen molar-refractivity contribution in [2.75, 3.05) is 13.7 Å². The van der Waals surface area contributed by atoms with E-state index in [4.69, 9.17) is 4.74 Å². The van der Waals surface area contributed by atoms with E-state index in [0.29, 0.717) is 11.7 Å². The molecular weight excluding hydrogens is 232 g/mol. The fraction of sp³-hybridized carbons (Fsp3) is 0.500. The van der Waals surface area contributed by atoms with E-state index in [2.05, 4.69) is 11.7 Å². The average Bonchev–Trinajstić information content (AvgIpc) is 2.90. The SMILES string of the molecule is CC1CCCO1.COC(=O)C(O)c1ccccc1. The van der Waals surface area contributed by atoms with Gasteiger partial charge in [-0.1, -0.05) is 30.3 Å². The predicted octanol–water partition coefficient (Wildman–Crippen LogP) is 2.08. The molecule has 1 saturated heterocycles. The maximum atomic E-state index is 10.8. The molecule has 0 radical (unpaired) electrons. The van der Waals surface area contributed by atoms with Crippen LogP contribution in [0.25, 0.3) is 0 Å². The average molecular weight is 252 g/mol. The number of esters is 1.